The van der Waals surface area contributed by atoms with E-state index in [1.165, 1.54) is 14.2 Å². The molecule has 0 aliphatic carbocycles. The number of primary amides is 1. The molecule has 3 N–H and O–H groups in total. The monoisotopic (exact) mass is 313 g/mol. The number of carbonyl (C=O) groups excluding carboxylic acids is 1. The maximum absolute atomic E-state index is 11.6. The van der Waals surface area contributed by atoms with Gasteiger partial charge in [-0.3, -0.25) is 4.79 Å². The Kier molecular flexibility index (Phi) is 6.61. The number of benzene rings is 1. The van der Waals surface area contributed by atoms with Crippen LogP contribution in [0.2, 0.25) is 5.02 Å². The molecule has 0 heterocycles. The van der Waals surface area contributed by atoms with Gasteiger partial charge in [-0.15, -0.1) is 0 Å². The van der Waals surface area contributed by atoms with Gasteiger partial charge in [-0.05, 0) is 11.6 Å². The molecule has 0 aliphatic heterocycles. The van der Waals surface area contributed by atoms with Crippen LogP contribution < -0.4 is 20.5 Å². The second-order valence-electron chi connectivity index (χ2n) is 3.95. The molecule has 1 aromatic carbocycles. The van der Waals surface area contributed by atoms with E-state index >= 15 is 0 Å². The summed E-state index contributed by atoms with van der Waals surface area (Å²) in [6, 6.07) is 2.43. The van der Waals surface area contributed by atoms with E-state index in [1.54, 1.807) is 12.1 Å². The minimum atomic E-state index is -0.828. The topological polar surface area (TPSA) is 122 Å². The van der Waals surface area contributed by atoms with Crippen molar-refractivity contribution in [1.29, 1.82) is 0 Å². The smallest absolute Gasteiger partial charge is 0.239 e. The highest BCUT2D eigenvalue weighted by Crippen LogP contribution is 2.39. The van der Waals surface area contributed by atoms with E-state index < -0.39 is 11.9 Å². The third kappa shape index (κ3) is 4.16. The highest BCUT2D eigenvalue weighted by atomic mass is 35.5. The molecule has 1 atom stereocenters. The van der Waals surface area contributed by atoms with Crippen LogP contribution >= 0.6 is 11.6 Å². The number of methoxy groups -OCH3 is 2. The first kappa shape index (κ1) is 16.9. The predicted octanol–water partition coefficient (Wildman–Crippen LogP) is 1.78. The molecule has 0 aromatic heterocycles. The molecule has 0 fully saturated rings. The molecule has 0 aliphatic rings. The lowest BCUT2D eigenvalue weighted by molar-refractivity contribution is -0.120. The molecule has 1 rings (SSSR count). The quantitative estimate of drug-likeness (QED) is 0.328. The number of nitrogens with two attached hydrogens (primary N) is 1. The van der Waals surface area contributed by atoms with Gasteiger partial charge in [0.15, 0.2) is 11.5 Å². The molecule has 0 radical (unpaired) electrons. The molecule has 0 saturated heterocycles. The van der Waals surface area contributed by atoms with Crippen LogP contribution in [0.5, 0.6) is 11.5 Å². The molecular weight excluding hydrogens is 298 g/mol. The summed E-state index contributed by atoms with van der Waals surface area (Å²) in [4.78, 5) is 14.2. The maximum atomic E-state index is 11.6. The summed E-state index contributed by atoms with van der Waals surface area (Å²) in [6.45, 7) is 0.466. The molecule has 1 amide bonds. The third-order valence-corrected chi connectivity index (χ3v) is 3.12. The summed E-state index contributed by atoms with van der Waals surface area (Å²) in [5.74, 6) is 0.161. The van der Waals surface area contributed by atoms with Gasteiger partial charge >= 0.3 is 0 Å². The summed E-state index contributed by atoms with van der Waals surface area (Å²) in [5.41, 5.74) is 14.1. The van der Waals surface area contributed by atoms with Gasteiger partial charge < -0.3 is 20.5 Å². The van der Waals surface area contributed by atoms with Crippen molar-refractivity contribution in [2.45, 2.75) is 6.04 Å². The first-order valence-electron chi connectivity index (χ1n) is 6.00. The standard InChI is InChI=1S/C12H16ClN5O3/c1-20-8-4-3-7(9(13)11(8)21-2)10(12(14)19)16-5-6-17-18-15/h3-4,10,16H,5-6H2,1-2H3,(H2,14,19). The van der Waals surface area contributed by atoms with Gasteiger partial charge in [0.05, 0.1) is 19.2 Å². The van der Waals surface area contributed by atoms with Gasteiger partial charge in [-0.2, -0.15) is 0 Å². The maximum Gasteiger partial charge on any atom is 0.239 e. The highest BCUT2D eigenvalue weighted by Gasteiger charge is 2.23. The number of amides is 1. The minimum absolute atomic E-state index is 0.186. The number of hydrogen-bond donors (Lipinski definition) is 2. The molecule has 8 nitrogen and oxygen atoms in total. The SMILES string of the molecule is COc1ccc(C(NCCN=[N+]=[N-])C(N)=O)c(Cl)c1OC. The Labute approximate surface area is 126 Å². The molecule has 0 spiro atoms. The Morgan fingerprint density at radius 1 is 1.52 bits per heavy atom. The second kappa shape index (κ2) is 8.21. The highest BCUT2D eigenvalue weighted by molar-refractivity contribution is 6.33. The molecule has 21 heavy (non-hydrogen) atoms. The number of halogens is 1. The zero-order valence-electron chi connectivity index (χ0n) is 11.7. The van der Waals surface area contributed by atoms with Gasteiger partial charge in [-0.1, -0.05) is 22.8 Å². The molecule has 0 bridgehead atoms. The van der Waals surface area contributed by atoms with Crippen molar-refractivity contribution >= 4 is 17.5 Å². The Balaban J connectivity index is 3.08. The first-order valence-corrected chi connectivity index (χ1v) is 6.38. The van der Waals surface area contributed by atoms with Crippen molar-refractivity contribution in [1.82, 2.24) is 5.32 Å². The number of rotatable bonds is 8. The molecular formula is C12H16ClN5O3. The van der Waals surface area contributed by atoms with E-state index in [0.717, 1.165) is 0 Å². The third-order valence-electron chi connectivity index (χ3n) is 2.73. The van der Waals surface area contributed by atoms with Crippen LogP contribution in [-0.2, 0) is 4.79 Å². The Bertz CT molecular complexity index is 560. The molecule has 0 saturated carbocycles. The van der Waals surface area contributed by atoms with E-state index in [9.17, 15) is 4.79 Å². The van der Waals surface area contributed by atoms with E-state index in [0.29, 0.717) is 17.1 Å². The number of carbonyl (C=O) groups is 1. The van der Waals surface area contributed by atoms with Crippen LogP contribution in [-0.4, -0.2) is 33.2 Å². The average Bonchev–Trinajstić information content (AvgIpc) is 2.47. The molecule has 1 aromatic rings. The summed E-state index contributed by atoms with van der Waals surface area (Å²) < 4.78 is 10.3. The van der Waals surface area contributed by atoms with Crippen molar-refractivity contribution in [3.05, 3.63) is 33.2 Å². The lowest BCUT2D eigenvalue weighted by Crippen LogP contribution is -2.35. The molecule has 9 heteroatoms. The normalized spacial score (nSPS) is 11.4. The van der Waals surface area contributed by atoms with Gasteiger partial charge in [0.1, 0.15) is 6.04 Å². The van der Waals surface area contributed by atoms with E-state index in [1.807, 2.05) is 0 Å². The second-order valence-corrected chi connectivity index (χ2v) is 4.33. The fourth-order valence-electron chi connectivity index (χ4n) is 1.79. The van der Waals surface area contributed by atoms with Crippen LogP contribution in [0.25, 0.3) is 10.4 Å². The van der Waals surface area contributed by atoms with Gasteiger partial charge in [0, 0.05) is 23.6 Å². The van der Waals surface area contributed by atoms with Gasteiger partial charge in [-0.25, -0.2) is 0 Å². The van der Waals surface area contributed by atoms with Crippen LogP contribution in [0.3, 0.4) is 0 Å². The zero-order chi connectivity index (χ0) is 15.8. The predicted molar refractivity (Wildman–Crippen MR) is 78.5 cm³/mol. The molecule has 1 unspecified atom stereocenters. The minimum Gasteiger partial charge on any atom is -0.493 e. The largest absolute Gasteiger partial charge is 0.493 e. The Morgan fingerprint density at radius 3 is 2.76 bits per heavy atom. The van der Waals surface area contributed by atoms with Crippen LogP contribution in [0, 0.1) is 0 Å². The Morgan fingerprint density at radius 2 is 2.24 bits per heavy atom. The van der Waals surface area contributed by atoms with Crippen molar-refractivity contribution < 1.29 is 14.3 Å². The van der Waals surface area contributed by atoms with Crippen molar-refractivity contribution in [3.63, 3.8) is 0 Å². The average molecular weight is 314 g/mol. The van der Waals surface area contributed by atoms with Crippen molar-refractivity contribution in [3.8, 4) is 11.5 Å². The fraction of sp³-hybridized carbons (Fsp3) is 0.417. The van der Waals surface area contributed by atoms with Gasteiger partial charge in [0.2, 0.25) is 5.91 Å². The van der Waals surface area contributed by atoms with E-state index in [-0.39, 0.29) is 18.1 Å². The van der Waals surface area contributed by atoms with E-state index in [2.05, 4.69) is 15.3 Å². The summed E-state index contributed by atoms with van der Waals surface area (Å²) >= 11 is 6.24. The van der Waals surface area contributed by atoms with Crippen LogP contribution in [0.1, 0.15) is 11.6 Å². The van der Waals surface area contributed by atoms with E-state index in [4.69, 9.17) is 32.3 Å². The van der Waals surface area contributed by atoms with Gasteiger partial charge in [0.25, 0.3) is 0 Å². The number of ether oxygens (including phenoxy) is 2. The van der Waals surface area contributed by atoms with Crippen LogP contribution in [0.15, 0.2) is 17.2 Å². The lowest BCUT2D eigenvalue weighted by Gasteiger charge is -2.19. The van der Waals surface area contributed by atoms with Crippen molar-refractivity contribution in [2.75, 3.05) is 27.3 Å². The molecule has 114 valence electrons. The summed E-state index contributed by atoms with van der Waals surface area (Å²) in [7, 11) is 2.93. The number of nitrogens with one attached hydrogen (secondary N) is 1. The number of hydrogen-bond acceptors (Lipinski definition) is 5. The fourth-order valence-corrected chi connectivity index (χ4v) is 2.14. The Hall–Kier alpha value is -2.15. The zero-order valence-corrected chi connectivity index (χ0v) is 12.4. The number of nitrogens with zero attached hydrogens (tertiary/aromatic N) is 3. The first-order chi connectivity index (χ1) is 10.1. The lowest BCUT2D eigenvalue weighted by atomic mass is 10.1. The summed E-state index contributed by atoms with van der Waals surface area (Å²) in [6.07, 6.45) is 0. The number of azide groups is 1. The van der Waals surface area contributed by atoms with Crippen LogP contribution in [0.4, 0.5) is 0 Å². The van der Waals surface area contributed by atoms with Crippen molar-refractivity contribution in [2.24, 2.45) is 10.8 Å². The summed E-state index contributed by atoms with van der Waals surface area (Å²) in [5, 5.41) is 6.48.